The summed E-state index contributed by atoms with van der Waals surface area (Å²) in [5.74, 6) is -0.0777. The summed E-state index contributed by atoms with van der Waals surface area (Å²) in [4.78, 5) is 15.1. The van der Waals surface area contributed by atoms with Gasteiger partial charge in [0.05, 0.1) is 0 Å². The van der Waals surface area contributed by atoms with Crippen LogP contribution in [0, 0.1) is 0 Å². The van der Waals surface area contributed by atoms with E-state index in [4.69, 9.17) is 34.4 Å². The molecule has 0 saturated heterocycles. The van der Waals surface area contributed by atoms with Crippen molar-refractivity contribution in [3.05, 3.63) is 24.3 Å². The van der Waals surface area contributed by atoms with Gasteiger partial charge in [0.25, 0.3) is 0 Å². The van der Waals surface area contributed by atoms with Crippen LogP contribution in [0.3, 0.4) is 0 Å². The van der Waals surface area contributed by atoms with Gasteiger partial charge in [-0.2, -0.15) is 9.98 Å². The van der Waals surface area contributed by atoms with E-state index in [0.717, 1.165) is 12.8 Å². The average molecular weight is 308 g/mol. The highest BCUT2D eigenvalue weighted by Crippen LogP contribution is 1.90. The molecule has 0 aliphatic rings. The first kappa shape index (κ1) is 19.0. The van der Waals surface area contributed by atoms with E-state index in [1.807, 2.05) is 24.3 Å². The third-order valence-corrected chi connectivity index (χ3v) is 2.01. The fraction of sp³-hybridized carbons (Fsp3) is 0.333. The standard InChI is InChI=1S/C12H24N10/c13-9(14)21-11(17)19-7-5-3-1-2-4-6-8-20-12(18)22-10(15)16/h1-4H,5-8H2,(H6,13,14,17,19,21)(H6,15,16,18,20,22)/b3-1+,4-2+. The lowest BCUT2D eigenvalue weighted by Gasteiger charge is -1.93. The maximum Gasteiger partial charge on any atom is 0.218 e. The topological polar surface area (TPSA) is 206 Å². The predicted molar refractivity (Wildman–Crippen MR) is 92.1 cm³/mol. The molecule has 12 N–H and O–H groups in total. The first-order valence-electron chi connectivity index (χ1n) is 6.52. The Bertz CT molecular complexity index is 444. The molecule has 122 valence electrons. The van der Waals surface area contributed by atoms with E-state index >= 15 is 0 Å². The molecule has 0 fully saturated rings. The number of hydrogen-bond acceptors (Lipinski definition) is 2. The van der Waals surface area contributed by atoms with Crippen molar-refractivity contribution in [1.82, 2.24) is 0 Å². The second-order valence-corrected chi connectivity index (χ2v) is 3.99. The van der Waals surface area contributed by atoms with Gasteiger partial charge in [-0.3, -0.25) is 9.98 Å². The molecule has 0 spiro atoms. The minimum Gasteiger partial charge on any atom is -0.370 e. The van der Waals surface area contributed by atoms with Crippen LogP contribution in [-0.4, -0.2) is 36.9 Å². The molecular weight excluding hydrogens is 284 g/mol. The van der Waals surface area contributed by atoms with E-state index < -0.39 is 0 Å². The number of nitrogens with zero attached hydrogens (tertiary/aromatic N) is 4. The van der Waals surface area contributed by atoms with Crippen LogP contribution in [0.25, 0.3) is 0 Å². The van der Waals surface area contributed by atoms with Crippen LogP contribution < -0.4 is 34.4 Å². The minimum absolute atomic E-state index is 0.0696. The Morgan fingerprint density at radius 2 is 1.00 bits per heavy atom. The van der Waals surface area contributed by atoms with E-state index in [1.165, 1.54) is 0 Å². The van der Waals surface area contributed by atoms with E-state index in [9.17, 15) is 0 Å². The van der Waals surface area contributed by atoms with Gasteiger partial charge >= 0.3 is 0 Å². The van der Waals surface area contributed by atoms with Crippen molar-refractivity contribution in [3.63, 3.8) is 0 Å². The molecular formula is C12H24N10. The van der Waals surface area contributed by atoms with Crippen molar-refractivity contribution in [3.8, 4) is 0 Å². The number of allylic oxidation sites excluding steroid dienone is 2. The second-order valence-electron chi connectivity index (χ2n) is 3.99. The molecule has 0 rings (SSSR count). The maximum absolute atomic E-state index is 5.44. The Morgan fingerprint density at radius 3 is 1.32 bits per heavy atom. The summed E-state index contributed by atoms with van der Waals surface area (Å²) in [5, 5.41) is 0. The lowest BCUT2D eigenvalue weighted by Crippen LogP contribution is -2.26. The Balaban J connectivity index is 3.87. The molecule has 0 aromatic carbocycles. The van der Waals surface area contributed by atoms with Gasteiger partial charge in [0.15, 0.2) is 11.9 Å². The molecule has 0 aromatic heterocycles. The number of hydrogen-bond donors (Lipinski definition) is 6. The highest BCUT2D eigenvalue weighted by Gasteiger charge is 1.88. The van der Waals surface area contributed by atoms with Crippen molar-refractivity contribution >= 4 is 23.8 Å². The summed E-state index contributed by atoms with van der Waals surface area (Å²) in [6, 6.07) is 0. The Labute approximate surface area is 129 Å². The van der Waals surface area contributed by atoms with Crippen LogP contribution in [0.4, 0.5) is 0 Å². The third-order valence-electron chi connectivity index (χ3n) is 2.01. The summed E-state index contributed by atoms with van der Waals surface area (Å²) >= 11 is 0. The van der Waals surface area contributed by atoms with Gasteiger partial charge in [-0.25, -0.2) is 0 Å². The molecule has 0 unspecified atom stereocenters. The highest BCUT2D eigenvalue weighted by molar-refractivity contribution is 5.92. The van der Waals surface area contributed by atoms with Gasteiger partial charge in [0.2, 0.25) is 11.9 Å². The fourth-order valence-electron chi connectivity index (χ4n) is 1.19. The average Bonchev–Trinajstić information content (AvgIpc) is 2.39. The lowest BCUT2D eigenvalue weighted by atomic mass is 10.3. The monoisotopic (exact) mass is 308 g/mol. The molecule has 0 aromatic rings. The molecule has 0 saturated carbocycles. The normalized spacial score (nSPS) is 12.7. The first-order valence-corrected chi connectivity index (χ1v) is 6.52. The Morgan fingerprint density at radius 1 is 0.636 bits per heavy atom. The molecule has 0 aliphatic heterocycles. The molecule has 10 nitrogen and oxygen atoms in total. The highest BCUT2D eigenvalue weighted by atomic mass is 15.1. The maximum atomic E-state index is 5.44. The molecule has 0 heterocycles. The first-order chi connectivity index (χ1) is 10.4. The van der Waals surface area contributed by atoms with Crippen LogP contribution in [-0.2, 0) is 0 Å². The van der Waals surface area contributed by atoms with Crippen molar-refractivity contribution in [1.29, 1.82) is 0 Å². The van der Waals surface area contributed by atoms with Gasteiger partial charge < -0.3 is 34.4 Å². The van der Waals surface area contributed by atoms with Crippen molar-refractivity contribution in [2.24, 2.45) is 54.4 Å². The largest absolute Gasteiger partial charge is 0.370 e. The molecule has 0 atom stereocenters. The van der Waals surface area contributed by atoms with Crippen LogP contribution >= 0.6 is 0 Å². The summed E-state index contributed by atoms with van der Waals surface area (Å²) in [5.41, 5.74) is 31.5. The van der Waals surface area contributed by atoms with E-state index in [-0.39, 0.29) is 23.8 Å². The smallest absolute Gasteiger partial charge is 0.218 e. The predicted octanol–water partition coefficient (Wildman–Crippen LogP) is -1.94. The van der Waals surface area contributed by atoms with Gasteiger partial charge in [-0.15, -0.1) is 0 Å². The molecule has 0 aliphatic carbocycles. The number of rotatable bonds is 7. The summed E-state index contributed by atoms with van der Waals surface area (Å²) in [6.45, 7) is 1.01. The molecule has 0 bridgehead atoms. The van der Waals surface area contributed by atoms with Gasteiger partial charge in [0, 0.05) is 13.1 Å². The number of nitrogens with two attached hydrogens (primary N) is 6. The van der Waals surface area contributed by atoms with E-state index in [0.29, 0.717) is 13.1 Å². The third kappa shape index (κ3) is 13.4. The fourth-order valence-corrected chi connectivity index (χ4v) is 1.19. The Kier molecular flexibility index (Phi) is 10.1. The van der Waals surface area contributed by atoms with E-state index in [1.54, 1.807) is 0 Å². The Hall–Kier alpha value is -3.04. The van der Waals surface area contributed by atoms with Crippen molar-refractivity contribution < 1.29 is 0 Å². The number of aliphatic imine (C=N–C) groups is 4. The van der Waals surface area contributed by atoms with Crippen molar-refractivity contribution in [2.45, 2.75) is 12.8 Å². The van der Waals surface area contributed by atoms with Crippen molar-refractivity contribution in [2.75, 3.05) is 13.1 Å². The van der Waals surface area contributed by atoms with Gasteiger partial charge in [-0.1, -0.05) is 24.3 Å². The molecule has 0 amide bonds. The summed E-state index contributed by atoms with van der Waals surface area (Å²) in [7, 11) is 0. The molecule has 0 radical (unpaired) electrons. The summed E-state index contributed by atoms with van der Waals surface area (Å²) in [6.07, 6.45) is 9.13. The summed E-state index contributed by atoms with van der Waals surface area (Å²) < 4.78 is 0. The van der Waals surface area contributed by atoms with Crippen LogP contribution in [0.15, 0.2) is 44.3 Å². The zero-order valence-corrected chi connectivity index (χ0v) is 12.4. The van der Waals surface area contributed by atoms with Crippen LogP contribution in [0.1, 0.15) is 12.8 Å². The van der Waals surface area contributed by atoms with Crippen LogP contribution in [0.2, 0.25) is 0 Å². The minimum atomic E-state index is -0.108. The van der Waals surface area contributed by atoms with Gasteiger partial charge in [-0.05, 0) is 12.8 Å². The lowest BCUT2D eigenvalue weighted by molar-refractivity contribution is 0.993. The quantitative estimate of drug-likeness (QED) is 0.136. The number of guanidine groups is 4. The van der Waals surface area contributed by atoms with Crippen LogP contribution in [0.5, 0.6) is 0 Å². The second kappa shape index (κ2) is 11.8. The zero-order chi connectivity index (χ0) is 16.8. The van der Waals surface area contributed by atoms with E-state index in [2.05, 4.69) is 20.0 Å². The van der Waals surface area contributed by atoms with Gasteiger partial charge in [0.1, 0.15) is 0 Å². The molecule has 22 heavy (non-hydrogen) atoms. The SMILES string of the molecule is NC(N)=NC(N)=NCC/C=C/C=C/CCN=C(N)N=C(N)N. The molecule has 10 heteroatoms. The zero-order valence-electron chi connectivity index (χ0n) is 12.4.